The number of carbonyl (C=O) groups excluding carboxylic acids is 2. The van der Waals surface area contributed by atoms with Gasteiger partial charge in [0.05, 0.1) is 29.3 Å². The molecule has 32 heavy (non-hydrogen) atoms. The number of anilines is 1. The van der Waals surface area contributed by atoms with Crippen molar-refractivity contribution in [2.45, 2.75) is 83.3 Å². The van der Waals surface area contributed by atoms with Gasteiger partial charge in [0.25, 0.3) is 5.91 Å². The zero-order valence-corrected chi connectivity index (χ0v) is 18.6. The van der Waals surface area contributed by atoms with Gasteiger partial charge in [-0.05, 0) is 50.4 Å². The molecule has 0 radical (unpaired) electrons. The second-order valence-corrected chi connectivity index (χ2v) is 10.3. The second-order valence-electron chi connectivity index (χ2n) is 10.3. The van der Waals surface area contributed by atoms with Crippen LogP contribution in [0.1, 0.15) is 96.9 Å². The lowest BCUT2D eigenvalue weighted by molar-refractivity contribution is 0.0909. The van der Waals surface area contributed by atoms with Crippen LogP contribution < -0.4 is 11.1 Å². The highest BCUT2D eigenvalue weighted by Crippen LogP contribution is 2.45. The summed E-state index contributed by atoms with van der Waals surface area (Å²) in [7, 11) is 0. The fourth-order valence-electron chi connectivity index (χ4n) is 4.99. The molecule has 9 heteroatoms. The molecule has 0 aliphatic heterocycles. The predicted molar refractivity (Wildman–Crippen MR) is 118 cm³/mol. The van der Waals surface area contributed by atoms with Crippen molar-refractivity contribution >= 4 is 17.5 Å². The topological polar surface area (TPSA) is 136 Å². The van der Waals surface area contributed by atoms with E-state index in [1.807, 2.05) is 0 Å². The lowest BCUT2D eigenvalue weighted by Gasteiger charge is -2.29. The van der Waals surface area contributed by atoms with E-state index in [-0.39, 0.29) is 29.0 Å². The molecule has 0 atom stereocenters. The molecule has 0 saturated heterocycles. The van der Waals surface area contributed by atoms with E-state index in [0.717, 1.165) is 49.1 Å². The first-order chi connectivity index (χ1) is 15.2. The molecule has 170 valence electrons. The molecule has 0 bridgehead atoms. The fraction of sp³-hybridized carbons (Fsp3) is 0.609. The Hall–Kier alpha value is -2.81. The number of fused-ring (bicyclic) bond motifs is 1. The summed E-state index contributed by atoms with van der Waals surface area (Å²) < 4.78 is 1.75. The Bertz CT molecular complexity index is 1080. The van der Waals surface area contributed by atoms with Crippen molar-refractivity contribution in [2.75, 3.05) is 5.32 Å². The number of aliphatic hydroxyl groups excluding tert-OH is 1. The third-order valence-corrected chi connectivity index (χ3v) is 6.78. The minimum atomic E-state index is -0.653. The molecule has 0 aromatic carbocycles. The molecular weight excluding hydrogens is 408 g/mol. The molecule has 2 aromatic rings. The molecule has 2 aromatic heterocycles. The zero-order chi connectivity index (χ0) is 22.6. The summed E-state index contributed by atoms with van der Waals surface area (Å²) in [6.07, 6.45) is 7.50. The Morgan fingerprint density at radius 1 is 1.19 bits per heavy atom. The predicted octanol–water partition coefficient (Wildman–Crippen LogP) is 2.51. The molecule has 9 nitrogen and oxygen atoms in total. The second kappa shape index (κ2) is 7.65. The van der Waals surface area contributed by atoms with Crippen LogP contribution in [0.5, 0.6) is 0 Å². The first kappa shape index (κ1) is 21.1. The maximum absolute atomic E-state index is 13.0. The van der Waals surface area contributed by atoms with Gasteiger partial charge in [0.1, 0.15) is 0 Å². The number of primary amides is 1. The number of hydrogen-bond donors (Lipinski definition) is 3. The maximum atomic E-state index is 13.0. The monoisotopic (exact) mass is 438 g/mol. The highest BCUT2D eigenvalue weighted by atomic mass is 16.3. The number of amides is 1. The van der Waals surface area contributed by atoms with E-state index in [2.05, 4.69) is 24.1 Å². The Morgan fingerprint density at radius 2 is 1.91 bits per heavy atom. The lowest BCUT2D eigenvalue weighted by Crippen LogP contribution is -2.30. The van der Waals surface area contributed by atoms with Crippen molar-refractivity contribution in [1.82, 2.24) is 19.7 Å². The van der Waals surface area contributed by atoms with Gasteiger partial charge < -0.3 is 16.2 Å². The highest BCUT2D eigenvalue weighted by Gasteiger charge is 2.41. The van der Waals surface area contributed by atoms with Crippen molar-refractivity contribution < 1.29 is 14.7 Å². The van der Waals surface area contributed by atoms with Gasteiger partial charge in [-0.1, -0.05) is 13.8 Å². The molecule has 0 spiro atoms. The van der Waals surface area contributed by atoms with E-state index in [4.69, 9.17) is 15.8 Å². The number of rotatable bonds is 5. The van der Waals surface area contributed by atoms with Gasteiger partial charge >= 0.3 is 0 Å². The first-order valence-corrected chi connectivity index (χ1v) is 11.5. The molecule has 3 aliphatic rings. The van der Waals surface area contributed by atoms with Crippen LogP contribution in [0, 0.1) is 5.41 Å². The molecule has 2 saturated carbocycles. The van der Waals surface area contributed by atoms with Gasteiger partial charge in [-0.15, -0.1) is 0 Å². The highest BCUT2D eigenvalue weighted by molar-refractivity contribution is 6.00. The lowest BCUT2D eigenvalue weighted by atomic mass is 9.75. The molecular formula is C23H30N6O3. The number of Topliss-reactive ketones (excluding diaryl/α,β-unsaturated/α-hetero) is 1. The van der Waals surface area contributed by atoms with Crippen LogP contribution in [-0.4, -0.2) is 48.7 Å². The standard InChI is InChI=1S/C23H30N6O3/c1-23(2)9-15-18(16(31)10-23)19(12-3-4-12)28-29(15)17-11-25-20(21(24)32)22(27-17)26-13-5-7-14(30)8-6-13/h11-14,30H,3-10H2,1-2H3,(H2,24,32)(H,26,27). The van der Waals surface area contributed by atoms with Gasteiger partial charge in [0, 0.05) is 18.4 Å². The molecule has 2 fully saturated rings. The third-order valence-electron chi connectivity index (χ3n) is 6.78. The van der Waals surface area contributed by atoms with Crippen molar-refractivity contribution in [3.63, 3.8) is 0 Å². The zero-order valence-electron chi connectivity index (χ0n) is 18.6. The minimum absolute atomic E-state index is 0.0788. The van der Waals surface area contributed by atoms with Crippen LogP contribution in [0.4, 0.5) is 5.82 Å². The van der Waals surface area contributed by atoms with Gasteiger partial charge in [0.2, 0.25) is 0 Å². The van der Waals surface area contributed by atoms with E-state index >= 15 is 0 Å². The molecule has 0 unspecified atom stereocenters. The van der Waals surface area contributed by atoms with Crippen LogP contribution in [0.25, 0.3) is 5.82 Å². The Labute approximate surface area is 186 Å². The van der Waals surface area contributed by atoms with Crippen LogP contribution in [-0.2, 0) is 6.42 Å². The third kappa shape index (κ3) is 3.90. The summed E-state index contributed by atoms with van der Waals surface area (Å²) in [6.45, 7) is 4.18. The van der Waals surface area contributed by atoms with E-state index in [1.165, 1.54) is 6.20 Å². The summed E-state index contributed by atoms with van der Waals surface area (Å²) in [5.41, 5.74) is 7.98. The largest absolute Gasteiger partial charge is 0.393 e. The van der Waals surface area contributed by atoms with E-state index < -0.39 is 5.91 Å². The molecule has 3 aliphatic carbocycles. The fourth-order valence-corrected chi connectivity index (χ4v) is 4.99. The maximum Gasteiger partial charge on any atom is 0.271 e. The number of nitrogens with zero attached hydrogens (tertiary/aromatic N) is 4. The van der Waals surface area contributed by atoms with E-state index in [1.54, 1.807) is 4.68 Å². The van der Waals surface area contributed by atoms with Crippen LogP contribution in [0.2, 0.25) is 0 Å². The smallest absolute Gasteiger partial charge is 0.271 e. The van der Waals surface area contributed by atoms with Crippen LogP contribution in [0.15, 0.2) is 6.20 Å². The van der Waals surface area contributed by atoms with E-state index in [9.17, 15) is 14.7 Å². The summed E-state index contributed by atoms with van der Waals surface area (Å²) in [5.74, 6) is 0.626. The van der Waals surface area contributed by atoms with Crippen molar-refractivity contribution in [3.8, 4) is 5.82 Å². The van der Waals surface area contributed by atoms with Crippen molar-refractivity contribution in [3.05, 3.63) is 28.8 Å². The number of nitrogens with one attached hydrogen (secondary N) is 1. The van der Waals surface area contributed by atoms with Crippen molar-refractivity contribution in [1.29, 1.82) is 0 Å². The number of ketones is 1. The number of hydrogen-bond acceptors (Lipinski definition) is 7. The normalized spacial score (nSPS) is 24.8. The SMILES string of the molecule is CC1(C)CC(=O)c2c(C3CC3)nn(-c3cnc(C(N)=O)c(NC4CCC(O)CC4)n3)c2C1. The Kier molecular flexibility index (Phi) is 5.03. The van der Waals surface area contributed by atoms with E-state index in [0.29, 0.717) is 36.8 Å². The summed E-state index contributed by atoms with van der Waals surface area (Å²) in [4.78, 5) is 34.0. The summed E-state index contributed by atoms with van der Waals surface area (Å²) in [5, 5.41) is 17.9. The first-order valence-electron chi connectivity index (χ1n) is 11.5. The minimum Gasteiger partial charge on any atom is -0.393 e. The quantitative estimate of drug-likeness (QED) is 0.652. The summed E-state index contributed by atoms with van der Waals surface area (Å²) in [6, 6.07) is 0.0788. The van der Waals surface area contributed by atoms with Gasteiger partial charge in [-0.2, -0.15) is 5.10 Å². The number of carbonyl (C=O) groups is 2. The molecule has 5 rings (SSSR count). The number of aromatic nitrogens is 4. The van der Waals surface area contributed by atoms with Gasteiger partial charge in [-0.3, -0.25) is 9.59 Å². The molecule has 4 N–H and O–H groups in total. The Balaban J connectivity index is 1.56. The average Bonchev–Trinajstić information content (AvgIpc) is 3.50. The molecule has 1 amide bonds. The summed E-state index contributed by atoms with van der Waals surface area (Å²) >= 11 is 0. The van der Waals surface area contributed by atoms with Crippen LogP contribution >= 0.6 is 0 Å². The number of nitrogens with two attached hydrogens (primary N) is 1. The average molecular weight is 439 g/mol. The number of aliphatic hydroxyl groups is 1. The molecule has 2 heterocycles. The van der Waals surface area contributed by atoms with Gasteiger partial charge in [-0.25, -0.2) is 14.6 Å². The van der Waals surface area contributed by atoms with Crippen molar-refractivity contribution in [2.24, 2.45) is 11.1 Å². The van der Waals surface area contributed by atoms with Gasteiger partial charge in [0.15, 0.2) is 23.1 Å². The Morgan fingerprint density at radius 3 is 2.56 bits per heavy atom. The van der Waals surface area contributed by atoms with Crippen LogP contribution in [0.3, 0.4) is 0 Å².